The Morgan fingerprint density at radius 3 is 2.35 bits per heavy atom. The molecule has 0 saturated carbocycles. The zero-order chi connectivity index (χ0) is 19.1. The molecule has 0 bridgehead atoms. The van der Waals surface area contributed by atoms with Crippen molar-refractivity contribution in [3.63, 3.8) is 0 Å². The van der Waals surface area contributed by atoms with Crippen LogP contribution in [0.4, 0.5) is 17.2 Å². The van der Waals surface area contributed by atoms with Gasteiger partial charge in [0.15, 0.2) is 0 Å². The number of hydrogen-bond donors (Lipinski definition) is 2. The van der Waals surface area contributed by atoms with E-state index in [9.17, 15) is 4.79 Å². The predicted octanol–water partition coefficient (Wildman–Crippen LogP) is 3.95. The maximum Gasteiger partial charge on any atom is 0.274 e. The Kier molecular flexibility index (Phi) is 6.95. The summed E-state index contributed by atoms with van der Waals surface area (Å²) in [6.07, 6.45) is 0. The highest BCUT2D eigenvalue weighted by atomic mass is 16.1. The molecule has 2 aromatic rings. The molecule has 0 radical (unpaired) electrons. The van der Waals surface area contributed by atoms with Crippen molar-refractivity contribution >= 4 is 23.1 Å². The van der Waals surface area contributed by atoms with Gasteiger partial charge in [0.2, 0.25) is 0 Å². The third kappa shape index (κ3) is 5.44. The van der Waals surface area contributed by atoms with E-state index in [0.29, 0.717) is 23.3 Å². The van der Waals surface area contributed by atoms with Crippen molar-refractivity contribution in [1.82, 2.24) is 9.97 Å². The lowest BCUT2D eigenvalue weighted by Crippen LogP contribution is -2.21. The molecule has 26 heavy (non-hydrogen) atoms. The maximum atomic E-state index is 12.5. The summed E-state index contributed by atoms with van der Waals surface area (Å²) in [5.41, 5.74) is 2.25. The molecule has 1 amide bonds. The smallest absolute Gasteiger partial charge is 0.274 e. The summed E-state index contributed by atoms with van der Waals surface area (Å²) in [5.74, 6) is 1.50. The highest BCUT2D eigenvalue weighted by molar-refractivity contribution is 6.03. The van der Waals surface area contributed by atoms with Crippen molar-refractivity contribution < 1.29 is 4.79 Å². The van der Waals surface area contributed by atoms with Crippen LogP contribution in [-0.4, -0.2) is 35.5 Å². The second kappa shape index (κ2) is 9.17. The Hall–Kier alpha value is -2.63. The number of carbonyl (C=O) groups is 1. The first-order valence-electron chi connectivity index (χ1n) is 9.18. The Morgan fingerprint density at radius 1 is 1.12 bits per heavy atom. The van der Waals surface area contributed by atoms with E-state index in [-0.39, 0.29) is 5.91 Å². The molecule has 1 aromatic heterocycles. The van der Waals surface area contributed by atoms with Gasteiger partial charge in [0.05, 0.1) is 0 Å². The number of nitrogens with zero attached hydrogens (tertiary/aromatic N) is 3. The van der Waals surface area contributed by atoms with Gasteiger partial charge in [0, 0.05) is 37.1 Å². The molecule has 0 aliphatic rings. The molecular formula is C20H29N5O. The van der Waals surface area contributed by atoms with Gasteiger partial charge in [-0.25, -0.2) is 9.97 Å². The average Bonchev–Trinajstić information content (AvgIpc) is 2.62. The first kappa shape index (κ1) is 19.7. The van der Waals surface area contributed by atoms with Gasteiger partial charge >= 0.3 is 0 Å². The van der Waals surface area contributed by atoms with E-state index in [1.54, 1.807) is 13.0 Å². The molecule has 0 aliphatic carbocycles. The molecule has 6 heteroatoms. The van der Waals surface area contributed by atoms with Crippen molar-refractivity contribution in [3.05, 3.63) is 41.9 Å². The number of aryl methyl sites for hydroxylation is 1. The Labute approximate surface area is 156 Å². The second-order valence-corrected chi connectivity index (χ2v) is 6.63. The molecule has 0 fully saturated rings. The fraction of sp³-hybridized carbons (Fsp3) is 0.450. The van der Waals surface area contributed by atoms with Crippen LogP contribution in [-0.2, 0) is 0 Å². The Balaban J connectivity index is 2.09. The van der Waals surface area contributed by atoms with Crippen molar-refractivity contribution in [2.45, 2.75) is 34.6 Å². The number of aromatic nitrogens is 2. The minimum atomic E-state index is -0.237. The Morgan fingerprint density at radius 2 is 1.77 bits per heavy atom. The molecule has 1 heterocycles. The average molecular weight is 355 g/mol. The van der Waals surface area contributed by atoms with Crippen LogP contribution in [0.5, 0.6) is 0 Å². The van der Waals surface area contributed by atoms with Crippen LogP contribution in [0.2, 0.25) is 0 Å². The topological polar surface area (TPSA) is 70.2 Å². The van der Waals surface area contributed by atoms with Crippen molar-refractivity contribution in [1.29, 1.82) is 0 Å². The lowest BCUT2D eigenvalue weighted by atomic mass is 10.2. The van der Waals surface area contributed by atoms with E-state index in [4.69, 9.17) is 0 Å². The summed E-state index contributed by atoms with van der Waals surface area (Å²) in [5, 5.41) is 6.14. The number of amides is 1. The van der Waals surface area contributed by atoms with E-state index in [2.05, 4.69) is 53.2 Å². The van der Waals surface area contributed by atoms with Crippen LogP contribution >= 0.6 is 0 Å². The van der Waals surface area contributed by atoms with Gasteiger partial charge in [-0.1, -0.05) is 13.8 Å². The quantitative estimate of drug-likeness (QED) is 0.750. The summed E-state index contributed by atoms with van der Waals surface area (Å²) in [7, 11) is 0. The van der Waals surface area contributed by atoms with Crippen LogP contribution in [0, 0.1) is 12.8 Å². The van der Waals surface area contributed by atoms with E-state index in [1.807, 2.05) is 24.3 Å². The van der Waals surface area contributed by atoms with Crippen LogP contribution < -0.4 is 15.5 Å². The van der Waals surface area contributed by atoms with Crippen molar-refractivity contribution in [2.75, 3.05) is 35.2 Å². The lowest BCUT2D eigenvalue weighted by Gasteiger charge is -2.21. The lowest BCUT2D eigenvalue weighted by molar-refractivity contribution is 0.102. The van der Waals surface area contributed by atoms with Gasteiger partial charge < -0.3 is 15.5 Å². The molecule has 0 aliphatic heterocycles. The molecule has 0 unspecified atom stereocenters. The second-order valence-electron chi connectivity index (χ2n) is 6.63. The Bertz CT molecular complexity index is 723. The summed E-state index contributed by atoms with van der Waals surface area (Å²) in [6, 6.07) is 9.55. The number of rotatable bonds is 8. The third-order valence-electron chi connectivity index (χ3n) is 4.02. The van der Waals surface area contributed by atoms with Gasteiger partial charge in [-0.05, 0) is 51.0 Å². The molecule has 0 saturated heterocycles. The van der Waals surface area contributed by atoms with Crippen molar-refractivity contribution in [3.8, 4) is 0 Å². The van der Waals surface area contributed by atoms with Crippen LogP contribution in [0.3, 0.4) is 0 Å². The van der Waals surface area contributed by atoms with E-state index >= 15 is 0 Å². The molecule has 140 valence electrons. The number of anilines is 3. The zero-order valence-corrected chi connectivity index (χ0v) is 16.3. The number of nitrogens with one attached hydrogen (secondary N) is 2. The number of carbonyl (C=O) groups excluding carboxylic acids is 1. The van der Waals surface area contributed by atoms with Gasteiger partial charge in [-0.15, -0.1) is 0 Å². The number of hydrogen-bond acceptors (Lipinski definition) is 5. The minimum absolute atomic E-state index is 0.237. The first-order valence-corrected chi connectivity index (χ1v) is 9.18. The third-order valence-corrected chi connectivity index (χ3v) is 4.02. The van der Waals surface area contributed by atoms with Gasteiger partial charge in [0.25, 0.3) is 5.91 Å². The standard InChI is InChI=1S/C20H29N5O/c1-6-25(7-2)17-10-8-16(9-11-17)24-20(26)18-12-19(21-13-14(3)4)23-15(5)22-18/h8-12,14H,6-7,13H2,1-5H3,(H,24,26)(H,21,22,23). The van der Waals surface area contributed by atoms with E-state index < -0.39 is 0 Å². The normalized spacial score (nSPS) is 10.7. The van der Waals surface area contributed by atoms with Crippen LogP contribution in [0.1, 0.15) is 44.0 Å². The van der Waals surface area contributed by atoms with Gasteiger partial charge in [-0.3, -0.25) is 4.79 Å². The van der Waals surface area contributed by atoms with Crippen LogP contribution in [0.25, 0.3) is 0 Å². The molecule has 2 N–H and O–H groups in total. The maximum absolute atomic E-state index is 12.5. The molecular weight excluding hydrogens is 326 g/mol. The molecule has 0 spiro atoms. The fourth-order valence-electron chi connectivity index (χ4n) is 2.62. The van der Waals surface area contributed by atoms with E-state index in [0.717, 1.165) is 31.0 Å². The molecule has 6 nitrogen and oxygen atoms in total. The molecule has 0 atom stereocenters. The van der Waals surface area contributed by atoms with Crippen molar-refractivity contribution in [2.24, 2.45) is 5.92 Å². The number of benzene rings is 1. The largest absolute Gasteiger partial charge is 0.372 e. The highest BCUT2D eigenvalue weighted by Crippen LogP contribution is 2.18. The van der Waals surface area contributed by atoms with Gasteiger partial charge in [0.1, 0.15) is 17.3 Å². The first-order chi connectivity index (χ1) is 12.4. The summed E-state index contributed by atoms with van der Waals surface area (Å²) >= 11 is 0. The van der Waals surface area contributed by atoms with Crippen LogP contribution in [0.15, 0.2) is 30.3 Å². The minimum Gasteiger partial charge on any atom is -0.372 e. The van der Waals surface area contributed by atoms with E-state index in [1.165, 1.54) is 0 Å². The fourth-order valence-corrected chi connectivity index (χ4v) is 2.62. The molecule has 1 aromatic carbocycles. The summed E-state index contributed by atoms with van der Waals surface area (Å²) < 4.78 is 0. The summed E-state index contributed by atoms with van der Waals surface area (Å²) in [4.78, 5) is 23.4. The highest BCUT2D eigenvalue weighted by Gasteiger charge is 2.11. The summed E-state index contributed by atoms with van der Waals surface area (Å²) in [6.45, 7) is 13.0. The zero-order valence-electron chi connectivity index (χ0n) is 16.3. The monoisotopic (exact) mass is 355 g/mol. The molecule has 2 rings (SSSR count). The van der Waals surface area contributed by atoms with Gasteiger partial charge in [-0.2, -0.15) is 0 Å². The predicted molar refractivity (Wildman–Crippen MR) is 108 cm³/mol. The SMILES string of the molecule is CCN(CC)c1ccc(NC(=O)c2cc(NCC(C)C)nc(C)n2)cc1.